The van der Waals surface area contributed by atoms with E-state index >= 15 is 0 Å². The van der Waals surface area contributed by atoms with Crippen molar-refractivity contribution >= 4 is 42.9 Å². The topological polar surface area (TPSA) is 87.1 Å². The molecular formula is C24H26Cl2Cu2N2O2. The van der Waals surface area contributed by atoms with E-state index in [4.69, 9.17) is 0 Å². The van der Waals surface area contributed by atoms with Crippen molar-refractivity contribution in [3.63, 3.8) is 0 Å². The molecule has 4 aromatic rings. The van der Waals surface area contributed by atoms with Crippen LogP contribution in [-0.2, 0) is 30.2 Å². The first-order valence-electron chi connectivity index (χ1n) is 8.87. The van der Waals surface area contributed by atoms with Crippen LogP contribution in [0.15, 0.2) is 121 Å². The van der Waals surface area contributed by atoms with Crippen LogP contribution in [0.3, 0.4) is 0 Å². The number of rotatable bonds is 4. The van der Waals surface area contributed by atoms with E-state index in [1.807, 2.05) is 121 Å². The number of anilines is 4. The quantitative estimate of drug-likeness (QED) is 0.271. The third-order valence-corrected chi connectivity index (χ3v) is 3.67. The van der Waals surface area contributed by atoms with Crippen LogP contribution < -0.4 is 10.6 Å². The molecule has 0 amide bonds. The Hall–Kier alpha value is -1.98. The fourth-order valence-electron chi connectivity index (χ4n) is 2.42. The van der Waals surface area contributed by atoms with Crippen molar-refractivity contribution in [3.05, 3.63) is 121 Å². The van der Waals surface area contributed by atoms with Gasteiger partial charge in [-0.3, -0.25) is 0 Å². The Morgan fingerprint density at radius 2 is 0.500 bits per heavy atom. The Labute approximate surface area is 215 Å². The van der Waals surface area contributed by atoms with E-state index in [1.54, 1.807) is 0 Å². The fraction of sp³-hybridized carbons (Fsp3) is 0. The summed E-state index contributed by atoms with van der Waals surface area (Å²) in [7, 11) is 8.40. The monoisotopic (exact) mass is 570 g/mol. The third kappa shape index (κ3) is 14.2. The van der Waals surface area contributed by atoms with Crippen LogP contribution in [0.1, 0.15) is 0 Å². The smallest absolute Gasteiger partial charge is 0.0384 e. The average molecular weight is 572 g/mol. The molecule has 0 fully saturated rings. The molecule has 4 aromatic carbocycles. The van der Waals surface area contributed by atoms with Crippen LogP contribution in [0.2, 0.25) is 0 Å². The molecule has 0 radical (unpaired) electrons. The Balaban J connectivity index is 0. The third-order valence-electron chi connectivity index (χ3n) is 3.67. The van der Waals surface area contributed by atoms with Gasteiger partial charge in [0.2, 0.25) is 0 Å². The first-order valence-corrected chi connectivity index (χ1v) is 11.5. The van der Waals surface area contributed by atoms with Crippen LogP contribution in [0, 0.1) is 0 Å². The van der Waals surface area contributed by atoms with Gasteiger partial charge in [0.05, 0.1) is 0 Å². The van der Waals surface area contributed by atoms with Crippen LogP contribution in [0.25, 0.3) is 0 Å². The summed E-state index contributed by atoms with van der Waals surface area (Å²) in [6.07, 6.45) is 0. The summed E-state index contributed by atoms with van der Waals surface area (Å²) in [5, 5.41) is 6.61. The van der Waals surface area contributed by atoms with Crippen molar-refractivity contribution in [2.75, 3.05) is 10.6 Å². The number of halogens is 2. The average Bonchev–Trinajstić information content (AvgIpc) is 2.85. The Morgan fingerprint density at radius 1 is 0.344 bits per heavy atom. The molecule has 0 aliphatic carbocycles. The molecule has 0 saturated carbocycles. The van der Waals surface area contributed by atoms with Crippen molar-refractivity contribution in [1.29, 1.82) is 0 Å². The Kier molecular flexibility index (Phi) is 22.4. The molecule has 0 bridgehead atoms. The largest absolute Gasteiger partial charge is 0.356 e. The number of para-hydroxylation sites is 4. The van der Waals surface area contributed by atoms with Gasteiger partial charge in [0.1, 0.15) is 0 Å². The molecule has 0 saturated heterocycles. The molecule has 6 N–H and O–H groups in total. The molecule has 0 aliphatic heterocycles. The van der Waals surface area contributed by atoms with Crippen LogP contribution in [0.5, 0.6) is 0 Å². The summed E-state index contributed by atoms with van der Waals surface area (Å²) in [6.45, 7) is 0. The number of hydrogen-bond donors (Lipinski definition) is 2. The van der Waals surface area contributed by atoms with E-state index in [1.165, 1.54) is 0 Å². The van der Waals surface area contributed by atoms with Gasteiger partial charge in [0.25, 0.3) is 0 Å². The van der Waals surface area contributed by atoms with E-state index in [2.05, 4.69) is 61.0 Å². The van der Waals surface area contributed by atoms with Gasteiger partial charge >= 0.3 is 50.4 Å². The molecule has 180 valence electrons. The van der Waals surface area contributed by atoms with Crippen molar-refractivity contribution in [2.24, 2.45) is 0 Å². The normalized spacial score (nSPS) is 8.19. The van der Waals surface area contributed by atoms with Gasteiger partial charge in [-0.1, -0.05) is 72.8 Å². The molecule has 32 heavy (non-hydrogen) atoms. The van der Waals surface area contributed by atoms with Gasteiger partial charge in [0.15, 0.2) is 0 Å². The predicted octanol–water partition coefficient (Wildman–Crippen LogP) is 6.59. The molecule has 4 nitrogen and oxygen atoms in total. The minimum absolute atomic E-state index is 0. The first-order chi connectivity index (χ1) is 14.9. The van der Waals surface area contributed by atoms with Crippen molar-refractivity contribution in [3.8, 4) is 0 Å². The van der Waals surface area contributed by atoms with E-state index < -0.39 is 0 Å². The molecule has 0 atom stereocenters. The van der Waals surface area contributed by atoms with Crippen LogP contribution in [0.4, 0.5) is 22.7 Å². The zero-order chi connectivity index (χ0) is 21.9. The molecule has 4 rings (SSSR count). The first kappa shape index (κ1) is 32.2. The summed E-state index contributed by atoms with van der Waals surface area (Å²) >= 11 is 7.32. The zero-order valence-corrected chi connectivity index (χ0v) is 20.3. The molecule has 0 spiro atoms. The second-order valence-electron chi connectivity index (χ2n) is 5.71. The predicted molar refractivity (Wildman–Crippen MR) is 131 cm³/mol. The van der Waals surface area contributed by atoms with Gasteiger partial charge < -0.3 is 21.6 Å². The summed E-state index contributed by atoms with van der Waals surface area (Å²) in [5.74, 6) is 0. The minimum atomic E-state index is 0. The summed E-state index contributed by atoms with van der Waals surface area (Å²) in [6, 6.07) is 40.6. The van der Waals surface area contributed by atoms with Gasteiger partial charge in [-0.25, -0.2) is 0 Å². The summed E-state index contributed by atoms with van der Waals surface area (Å²) < 4.78 is 0. The van der Waals surface area contributed by atoms with E-state index in [-0.39, 0.29) is 11.0 Å². The second-order valence-corrected chi connectivity index (χ2v) is 5.71. The molecule has 0 aliphatic rings. The minimum Gasteiger partial charge on any atom is -0.356 e. The summed E-state index contributed by atoms with van der Waals surface area (Å²) in [4.78, 5) is 0. The Bertz CT molecular complexity index is 741. The molecular weight excluding hydrogens is 546 g/mol. The van der Waals surface area contributed by atoms with Crippen LogP contribution >= 0.6 is 20.2 Å². The zero-order valence-electron chi connectivity index (χ0n) is 16.9. The Morgan fingerprint density at radius 3 is 0.656 bits per heavy atom. The SMILES string of the molecule is O.O.[Cl][Cu].[Cl][Cu].c1ccc(Nc2ccccc2)cc1.c1ccc(Nc2ccccc2)cc1. The number of nitrogens with one attached hydrogen (secondary N) is 2. The summed E-state index contributed by atoms with van der Waals surface area (Å²) in [5.41, 5.74) is 4.48. The van der Waals surface area contributed by atoms with E-state index in [0.29, 0.717) is 0 Å². The van der Waals surface area contributed by atoms with Crippen LogP contribution in [-0.4, -0.2) is 11.0 Å². The van der Waals surface area contributed by atoms with Gasteiger partial charge in [-0.2, -0.15) is 0 Å². The molecule has 0 heterocycles. The maximum Gasteiger partial charge on any atom is 0.0384 e. The fourth-order valence-corrected chi connectivity index (χ4v) is 2.42. The number of hydrogen-bond acceptors (Lipinski definition) is 2. The second kappa shape index (κ2) is 22.2. The van der Waals surface area contributed by atoms with Crippen molar-refractivity contribution in [2.45, 2.75) is 0 Å². The van der Waals surface area contributed by atoms with Crippen molar-refractivity contribution < 1.29 is 41.2 Å². The van der Waals surface area contributed by atoms with E-state index in [9.17, 15) is 0 Å². The van der Waals surface area contributed by atoms with Gasteiger partial charge in [0, 0.05) is 22.7 Å². The molecule has 8 heteroatoms. The molecule has 0 unspecified atom stereocenters. The number of benzene rings is 4. The van der Waals surface area contributed by atoms with Crippen molar-refractivity contribution in [1.82, 2.24) is 0 Å². The molecule has 0 aromatic heterocycles. The standard InChI is InChI=1S/2C12H11N.2ClH.2Cu.2H2O/c2*1-3-7-11(8-4-1)13-12-9-5-2-6-10-12;;;;;;/h2*1-10,13H;2*1H;;;2*1H2/q;;;;2*+1;;/p-2. The maximum absolute atomic E-state index is 4.20. The maximum atomic E-state index is 4.20. The van der Waals surface area contributed by atoms with E-state index in [0.717, 1.165) is 22.7 Å². The van der Waals surface area contributed by atoms with Gasteiger partial charge in [-0.15, -0.1) is 0 Å². The van der Waals surface area contributed by atoms with Gasteiger partial charge in [-0.05, 0) is 48.5 Å².